The molecule has 1 aromatic carbocycles. The van der Waals surface area contributed by atoms with Gasteiger partial charge in [-0.3, -0.25) is 10.1 Å². The predicted molar refractivity (Wildman–Crippen MR) is 80.8 cm³/mol. The molecular formula is C14H17N3O2S. The molecule has 0 atom stereocenters. The van der Waals surface area contributed by atoms with Crippen molar-refractivity contribution in [1.82, 2.24) is 5.32 Å². The van der Waals surface area contributed by atoms with Crippen LogP contribution in [0.25, 0.3) is 0 Å². The second kappa shape index (κ2) is 8.99. The molecule has 1 aromatic rings. The van der Waals surface area contributed by atoms with Crippen LogP contribution in [0.3, 0.4) is 0 Å². The van der Waals surface area contributed by atoms with Crippen LogP contribution in [0, 0.1) is 11.5 Å². The highest BCUT2D eigenvalue weighted by Gasteiger charge is 2.03. The van der Waals surface area contributed by atoms with Crippen molar-refractivity contribution >= 4 is 28.6 Å². The summed E-state index contributed by atoms with van der Waals surface area (Å²) in [5.74, 6) is -0.183. The SMILES string of the molecule is CCOC(=O)CCc1ccc(N=C(NC#N)SC)cc1. The summed E-state index contributed by atoms with van der Waals surface area (Å²) < 4.78 is 4.88. The molecular weight excluding hydrogens is 274 g/mol. The van der Waals surface area contributed by atoms with Gasteiger partial charge in [-0.25, -0.2) is 4.99 Å². The van der Waals surface area contributed by atoms with E-state index in [1.54, 1.807) is 6.92 Å². The van der Waals surface area contributed by atoms with Gasteiger partial charge in [0.25, 0.3) is 0 Å². The molecule has 0 aliphatic carbocycles. The molecule has 0 aliphatic rings. The minimum absolute atomic E-state index is 0.183. The molecule has 1 N–H and O–H groups in total. The number of benzene rings is 1. The predicted octanol–water partition coefficient (Wildman–Crippen LogP) is 2.60. The first kappa shape index (κ1) is 16.1. The molecule has 20 heavy (non-hydrogen) atoms. The van der Waals surface area contributed by atoms with Crippen LogP contribution in [-0.4, -0.2) is 24.0 Å². The summed E-state index contributed by atoms with van der Waals surface area (Å²) in [7, 11) is 0. The Labute approximate surface area is 123 Å². The van der Waals surface area contributed by atoms with Crippen molar-refractivity contribution in [2.45, 2.75) is 19.8 Å². The fraction of sp³-hybridized carbons (Fsp3) is 0.357. The lowest BCUT2D eigenvalue weighted by Crippen LogP contribution is -2.12. The van der Waals surface area contributed by atoms with Crippen molar-refractivity contribution in [3.8, 4) is 6.19 Å². The quantitative estimate of drug-likeness (QED) is 0.297. The molecule has 0 aromatic heterocycles. The summed E-state index contributed by atoms with van der Waals surface area (Å²) in [5, 5.41) is 11.6. The number of thioether (sulfide) groups is 1. The van der Waals surface area contributed by atoms with Gasteiger partial charge in [0.2, 0.25) is 0 Å². The number of aliphatic imine (C=N–C) groups is 1. The van der Waals surface area contributed by atoms with Crippen LogP contribution in [-0.2, 0) is 16.0 Å². The molecule has 0 saturated heterocycles. The topological polar surface area (TPSA) is 74.5 Å². The van der Waals surface area contributed by atoms with Gasteiger partial charge in [0.15, 0.2) is 11.4 Å². The molecule has 0 fully saturated rings. The zero-order valence-electron chi connectivity index (χ0n) is 11.5. The standard InChI is InChI=1S/C14H17N3O2S/c1-3-19-13(18)9-6-11-4-7-12(8-5-11)17-14(20-2)16-10-15/h4-5,7-8H,3,6,9H2,1-2H3,(H,16,17). The van der Waals surface area contributed by atoms with E-state index in [1.807, 2.05) is 36.7 Å². The van der Waals surface area contributed by atoms with Gasteiger partial charge in [-0.15, -0.1) is 0 Å². The first-order valence-electron chi connectivity index (χ1n) is 6.22. The Morgan fingerprint density at radius 3 is 2.70 bits per heavy atom. The first-order valence-corrected chi connectivity index (χ1v) is 7.44. The first-order chi connectivity index (χ1) is 9.69. The number of nitrogens with zero attached hydrogens (tertiary/aromatic N) is 2. The monoisotopic (exact) mass is 291 g/mol. The third kappa shape index (κ3) is 5.76. The Morgan fingerprint density at radius 2 is 2.15 bits per heavy atom. The number of hydrogen-bond acceptors (Lipinski definition) is 5. The van der Waals surface area contributed by atoms with Crippen molar-refractivity contribution in [2.24, 2.45) is 4.99 Å². The molecule has 0 saturated carbocycles. The van der Waals surface area contributed by atoms with Crippen molar-refractivity contribution < 1.29 is 9.53 Å². The minimum Gasteiger partial charge on any atom is -0.466 e. The maximum Gasteiger partial charge on any atom is 0.306 e. The number of carbonyl (C=O) groups excluding carboxylic acids is 1. The maximum absolute atomic E-state index is 11.3. The molecule has 6 heteroatoms. The molecule has 5 nitrogen and oxygen atoms in total. The van der Waals surface area contributed by atoms with E-state index >= 15 is 0 Å². The van der Waals surface area contributed by atoms with Crippen molar-refractivity contribution in [1.29, 1.82) is 5.26 Å². The Bertz CT molecular complexity index is 506. The molecule has 0 heterocycles. The lowest BCUT2D eigenvalue weighted by Gasteiger charge is -2.03. The van der Waals surface area contributed by atoms with Crippen LogP contribution >= 0.6 is 11.8 Å². The number of nitrogens with one attached hydrogen (secondary N) is 1. The van der Waals surface area contributed by atoms with E-state index in [9.17, 15) is 4.79 Å². The Hall–Kier alpha value is -2.00. The van der Waals surface area contributed by atoms with Gasteiger partial charge in [-0.05, 0) is 37.3 Å². The number of carbonyl (C=O) groups is 1. The van der Waals surface area contributed by atoms with E-state index in [2.05, 4.69) is 10.3 Å². The molecule has 0 unspecified atom stereocenters. The summed E-state index contributed by atoms with van der Waals surface area (Å²) in [6.07, 6.45) is 4.71. The minimum atomic E-state index is -0.183. The van der Waals surface area contributed by atoms with E-state index in [4.69, 9.17) is 10.00 Å². The summed E-state index contributed by atoms with van der Waals surface area (Å²) in [6.45, 7) is 2.21. The van der Waals surface area contributed by atoms with Crippen LogP contribution < -0.4 is 5.32 Å². The van der Waals surface area contributed by atoms with Crippen LogP contribution in [0.5, 0.6) is 0 Å². The lowest BCUT2D eigenvalue weighted by atomic mass is 10.1. The Balaban J connectivity index is 2.60. The fourth-order valence-corrected chi connectivity index (χ4v) is 1.85. The van der Waals surface area contributed by atoms with Crippen LogP contribution in [0.15, 0.2) is 29.3 Å². The van der Waals surface area contributed by atoms with Gasteiger partial charge in [-0.2, -0.15) is 5.26 Å². The highest BCUT2D eigenvalue weighted by Crippen LogP contribution is 2.16. The second-order valence-electron chi connectivity index (χ2n) is 3.83. The number of aryl methyl sites for hydroxylation is 1. The van der Waals surface area contributed by atoms with E-state index in [0.29, 0.717) is 24.6 Å². The van der Waals surface area contributed by atoms with Gasteiger partial charge in [0, 0.05) is 6.42 Å². The third-order valence-electron chi connectivity index (χ3n) is 2.45. The summed E-state index contributed by atoms with van der Waals surface area (Å²) >= 11 is 1.37. The van der Waals surface area contributed by atoms with E-state index < -0.39 is 0 Å². The summed E-state index contributed by atoms with van der Waals surface area (Å²) in [4.78, 5) is 15.5. The molecule has 0 spiro atoms. The number of rotatable bonds is 5. The van der Waals surface area contributed by atoms with Crippen LogP contribution in [0.1, 0.15) is 18.9 Å². The molecule has 0 bridgehead atoms. The molecule has 0 amide bonds. The van der Waals surface area contributed by atoms with Crippen molar-refractivity contribution in [2.75, 3.05) is 12.9 Å². The number of nitriles is 1. The summed E-state index contributed by atoms with van der Waals surface area (Å²) in [6, 6.07) is 7.55. The third-order valence-corrected chi connectivity index (χ3v) is 3.03. The van der Waals surface area contributed by atoms with E-state index in [1.165, 1.54) is 11.8 Å². The number of esters is 1. The second-order valence-corrected chi connectivity index (χ2v) is 4.62. The number of hydrogen-bond donors (Lipinski definition) is 1. The van der Waals surface area contributed by atoms with Crippen molar-refractivity contribution in [3.63, 3.8) is 0 Å². The van der Waals surface area contributed by atoms with Gasteiger partial charge < -0.3 is 4.74 Å². The number of amidine groups is 1. The van der Waals surface area contributed by atoms with Gasteiger partial charge in [-0.1, -0.05) is 23.9 Å². The zero-order valence-corrected chi connectivity index (χ0v) is 12.4. The van der Waals surface area contributed by atoms with Gasteiger partial charge >= 0.3 is 5.97 Å². The van der Waals surface area contributed by atoms with Crippen molar-refractivity contribution in [3.05, 3.63) is 29.8 Å². The van der Waals surface area contributed by atoms with E-state index in [-0.39, 0.29) is 5.97 Å². The Kier molecular flexibility index (Phi) is 7.22. The summed E-state index contributed by atoms with van der Waals surface area (Å²) in [5.41, 5.74) is 1.81. The van der Waals surface area contributed by atoms with Gasteiger partial charge in [0.1, 0.15) is 0 Å². The molecule has 1 rings (SSSR count). The highest BCUT2D eigenvalue weighted by molar-refractivity contribution is 8.13. The maximum atomic E-state index is 11.3. The van der Waals surface area contributed by atoms with Gasteiger partial charge in [0.05, 0.1) is 12.3 Å². The lowest BCUT2D eigenvalue weighted by molar-refractivity contribution is -0.143. The Morgan fingerprint density at radius 1 is 1.45 bits per heavy atom. The molecule has 0 aliphatic heterocycles. The van der Waals surface area contributed by atoms with E-state index in [0.717, 1.165) is 11.3 Å². The zero-order chi connectivity index (χ0) is 14.8. The van der Waals surface area contributed by atoms with Crippen LogP contribution in [0.4, 0.5) is 5.69 Å². The fourth-order valence-electron chi connectivity index (χ4n) is 1.51. The largest absolute Gasteiger partial charge is 0.466 e. The smallest absolute Gasteiger partial charge is 0.306 e. The molecule has 106 valence electrons. The highest BCUT2D eigenvalue weighted by atomic mass is 32.2. The average molecular weight is 291 g/mol. The molecule has 0 radical (unpaired) electrons. The van der Waals surface area contributed by atoms with Crippen LogP contribution in [0.2, 0.25) is 0 Å². The normalized spacial score (nSPS) is 10.8. The number of ether oxygens (including phenoxy) is 1. The average Bonchev–Trinajstić information content (AvgIpc) is 2.46.